The Morgan fingerprint density at radius 2 is 1.95 bits per heavy atom. The second-order valence-electron chi connectivity index (χ2n) is 5.64. The van der Waals surface area contributed by atoms with E-state index in [0.717, 1.165) is 57.3 Å². The Kier molecular flexibility index (Phi) is 4.85. The first-order valence-corrected chi connectivity index (χ1v) is 9.09. The van der Waals surface area contributed by atoms with Crippen LogP contribution in [0.3, 0.4) is 0 Å². The maximum Gasteiger partial charge on any atom is 0.227 e. The van der Waals surface area contributed by atoms with E-state index in [-0.39, 0.29) is 0 Å². The van der Waals surface area contributed by atoms with Crippen molar-refractivity contribution in [1.29, 1.82) is 0 Å². The molecule has 0 spiro atoms. The lowest BCUT2D eigenvalue weighted by Gasteiger charge is -2.29. The Morgan fingerprint density at radius 3 is 2.71 bits per heavy atom. The molecule has 5 nitrogen and oxygen atoms in total. The molecule has 3 rings (SSSR count). The summed E-state index contributed by atoms with van der Waals surface area (Å²) >= 11 is 2.02. The summed E-state index contributed by atoms with van der Waals surface area (Å²) in [4.78, 5) is 14.4. The maximum absolute atomic E-state index is 4.93. The molecule has 0 aliphatic carbocycles. The third kappa shape index (κ3) is 3.26. The van der Waals surface area contributed by atoms with Crippen molar-refractivity contribution in [3.8, 4) is 0 Å². The summed E-state index contributed by atoms with van der Waals surface area (Å²) in [5, 5.41) is 3.47. The topological polar surface area (TPSA) is 44.3 Å². The van der Waals surface area contributed by atoms with Crippen LogP contribution in [0.4, 0.5) is 11.8 Å². The summed E-state index contributed by atoms with van der Waals surface area (Å²) in [6, 6.07) is 0. The largest absolute Gasteiger partial charge is 0.360 e. The third-order valence-corrected chi connectivity index (χ3v) is 5.22. The molecule has 3 heterocycles. The fourth-order valence-corrected chi connectivity index (χ4v) is 3.79. The van der Waals surface area contributed by atoms with E-state index in [1.54, 1.807) is 0 Å². The Hall–Kier alpha value is -1.01. The molecule has 0 amide bonds. The van der Waals surface area contributed by atoms with E-state index in [9.17, 15) is 0 Å². The van der Waals surface area contributed by atoms with Crippen LogP contribution in [0.5, 0.6) is 0 Å². The number of anilines is 2. The summed E-state index contributed by atoms with van der Waals surface area (Å²) in [5.74, 6) is 4.44. The first-order chi connectivity index (χ1) is 10.3. The normalized spacial score (nSPS) is 19.0. The van der Waals surface area contributed by atoms with Crippen molar-refractivity contribution in [1.82, 2.24) is 15.3 Å². The van der Waals surface area contributed by atoms with E-state index in [4.69, 9.17) is 9.97 Å². The second-order valence-corrected chi connectivity index (χ2v) is 6.86. The quantitative estimate of drug-likeness (QED) is 0.904. The van der Waals surface area contributed by atoms with Crippen LogP contribution >= 0.6 is 11.8 Å². The first-order valence-electron chi connectivity index (χ1n) is 7.94. The van der Waals surface area contributed by atoms with Gasteiger partial charge in [-0.1, -0.05) is 0 Å². The van der Waals surface area contributed by atoms with E-state index in [1.165, 1.54) is 22.8 Å². The lowest BCUT2D eigenvalue weighted by Crippen LogP contribution is -2.35. The molecule has 1 aromatic heterocycles. The second kappa shape index (κ2) is 6.83. The van der Waals surface area contributed by atoms with E-state index in [2.05, 4.69) is 29.1 Å². The highest BCUT2D eigenvalue weighted by Gasteiger charge is 2.22. The zero-order valence-electron chi connectivity index (χ0n) is 13.1. The predicted octanol–water partition coefficient (Wildman–Crippen LogP) is 1.17. The minimum atomic E-state index is 0.936. The molecule has 21 heavy (non-hydrogen) atoms. The molecule has 1 fully saturated rings. The van der Waals surface area contributed by atoms with Crippen LogP contribution in [0.15, 0.2) is 0 Å². The number of hydrogen-bond acceptors (Lipinski definition) is 6. The fraction of sp³-hybridized carbons (Fsp3) is 0.733. The Balaban J connectivity index is 1.99. The summed E-state index contributed by atoms with van der Waals surface area (Å²) in [6.45, 7) is 7.34. The standard InChI is InChI=1S/C15H25N5S/c1-3-19(2)14-12-4-6-16-7-5-13(12)17-15(18-14)20-8-10-21-11-9-20/h16H,3-11H2,1-2H3. The van der Waals surface area contributed by atoms with Gasteiger partial charge in [-0.3, -0.25) is 0 Å². The molecular weight excluding hydrogens is 282 g/mol. The monoisotopic (exact) mass is 307 g/mol. The number of rotatable bonds is 3. The molecule has 0 aromatic carbocycles. The van der Waals surface area contributed by atoms with Crippen molar-refractivity contribution in [2.75, 3.05) is 61.1 Å². The van der Waals surface area contributed by atoms with Gasteiger partial charge in [-0.05, 0) is 19.9 Å². The van der Waals surface area contributed by atoms with Crippen LogP contribution in [-0.2, 0) is 12.8 Å². The highest BCUT2D eigenvalue weighted by atomic mass is 32.2. The number of nitrogens with zero attached hydrogens (tertiary/aromatic N) is 4. The van der Waals surface area contributed by atoms with Crippen molar-refractivity contribution >= 4 is 23.5 Å². The van der Waals surface area contributed by atoms with E-state index < -0.39 is 0 Å². The van der Waals surface area contributed by atoms with Gasteiger partial charge < -0.3 is 15.1 Å². The summed E-state index contributed by atoms with van der Waals surface area (Å²) in [5.41, 5.74) is 2.60. The van der Waals surface area contributed by atoms with E-state index >= 15 is 0 Å². The summed E-state index contributed by atoms with van der Waals surface area (Å²) < 4.78 is 0. The van der Waals surface area contributed by atoms with Crippen LogP contribution in [-0.4, -0.2) is 61.2 Å². The van der Waals surface area contributed by atoms with Gasteiger partial charge in [-0.15, -0.1) is 0 Å². The molecule has 0 unspecified atom stereocenters. The SMILES string of the molecule is CCN(C)c1nc(N2CCSCC2)nc2c1CCNCC2. The average molecular weight is 307 g/mol. The highest BCUT2D eigenvalue weighted by molar-refractivity contribution is 7.99. The summed E-state index contributed by atoms with van der Waals surface area (Å²) in [7, 11) is 2.14. The van der Waals surface area contributed by atoms with Crippen LogP contribution in [0.2, 0.25) is 0 Å². The number of aromatic nitrogens is 2. The van der Waals surface area contributed by atoms with Gasteiger partial charge in [0.1, 0.15) is 5.82 Å². The maximum atomic E-state index is 4.93. The van der Waals surface area contributed by atoms with Crippen LogP contribution in [0, 0.1) is 0 Å². The highest BCUT2D eigenvalue weighted by Crippen LogP contribution is 2.26. The average Bonchev–Trinajstić information content (AvgIpc) is 2.79. The van der Waals surface area contributed by atoms with E-state index in [0.29, 0.717) is 0 Å². The van der Waals surface area contributed by atoms with Gasteiger partial charge in [0.2, 0.25) is 5.95 Å². The van der Waals surface area contributed by atoms with Crippen molar-refractivity contribution in [3.05, 3.63) is 11.3 Å². The molecule has 1 N–H and O–H groups in total. The lowest BCUT2D eigenvalue weighted by atomic mass is 10.1. The molecule has 1 aromatic rings. The lowest BCUT2D eigenvalue weighted by molar-refractivity contribution is 0.707. The van der Waals surface area contributed by atoms with Crippen LogP contribution in [0.1, 0.15) is 18.2 Å². The Bertz CT molecular complexity index is 487. The van der Waals surface area contributed by atoms with Gasteiger partial charge in [-0.25, -0.2) is 4.98 Å². The molecule has 0 saturated carbocycles. The molecule has 0 radical (unpaired) electrons. The van der Waals surface area contributed by atoms with Crippen molar-refractivity contribution in [2.45, 2.75) is 19.8 Å². The molecule has 116 valence electrons. The fourth-order valence-electron chi connectivity index (χ4n) is 2.88. The number of nitrogens with one attached hydrogen (secondary N) is 1. The van der Waals surface area contributed by atoms with Crippen LogP contribution in [0.25, 0.3) is 0 Å². The van der Waals surface area contributed by atoms with Gasteiger partial charge in [0, 0.05) is 56.7 Å². The predicted molar refractivity (Wildman–Crippen MR) is 90.8 cm³/mol. The zero-order valence-corrected chi connectivity index (χ0v) is 13.9. The molecule has 2 aliphatic rings. The molecule has 1 saturated heterocycles. The van der Waals surface area contributed by atoms with Crippen molar-refractivity contribution in [2.24, 2.45) is 0 Å². The number of fused-ring (bicyclic) bond motifs is 1. The number of thioether (sulfide) groups is 1. The molecule has 0 bridgehead atoms. The number of hydrogen-bond donors (Lipinski definition) is 1. The Morgan fingerprint density at radius 1 is 1.19 bits per heavy atom. The minimum Gasteiger partial charge on any atom is -0.360 e. The third-order valence-electron chi connectivity index (χ3n) is 4.28. The van der Waals surface area contributed by atoms with Crippen LogP contribution < -0.4 is 15.1 Å². The molecule has 6 heteroatoms. The molecule has 0 atom stereocenters. The first kappa shape index (κ1) is 14.9. The van der Waals surface area contributed by atoms with Crippen molar-refractivity contribution in [3.63, 3.8) is 0 Å². The van der Waals surface area contributed by atoms with Crippen molar-refractivity contribution < 1.29 is 0 Å². The van der Waals surface area contributed by atoms with Gasteiger partial charge in [0.15, 0.2) is 0 Å². The Labute approximate surface area is 131 Å². The smallest absolute Gasteiger partial charge is 0.227 e. The van der Waals surface area contributed by atoms with Gasteiger partial charge in [-0.2, -0.15) is 16.7 Å². The molecule has 2 aliphatic heterocycles. The zero-order chi connectivity index (χ0) is 14.7. The van der Waals surface area contributed by atoms with Gasteiger partial charge in [0.25, 0.3) is 0 Å². The minimum absolute atomic E-state index is 0.936. The summed E-state index contributed by atoms with van der Waals surface area (Å²) in [6.07, 6.45) is 2.04. The van der Waals surface area contributed by atoms with Gasteiger partial charge >= 0.3 is 0 Å². The van der Waals surface area contributed by atoms with E-state index in [1.807, 2.05) is 11.8 Å². The van der Waals surface area contributed by atoms with Gasteiger partial charge in [0.05, 0.1) is 5.69 Å². The molecular formula is C15H25N5S.